The van der Waals surface area contributed by atoms with Gasteiger partial charge in [0.25, 0.3) is 0 Å². The molecule has 5 heteroatoms. The zero-order chi connectivity index (χ0) is 16.4. The monoisotopic (exact) mass is 312 g/mol. The lowest BCUT2D eigenvalue weighted by Crippen LogP contribution is -2.11. The normalized spacial score (nSPS) is 10.9. The number of halogens is 1. The van der Waals surface area contributed by atoms with Crippen molar-refractivity contribution in [3.8, 4) is 16.9 Å². The molecule has 0 bridgehead atoms. The van der Waals surface area contributed by atoms with Crippen molar-refractivity contribution in [2.45, 2.75) is 26.7 Å². The quantitative estimate of drug-likeness (QED) is 0.680. The molecule has 0 N–H and O–H groups in total. The lowest BCUT2D eigenvalue weighted by Gasteiger charge is -2.14. The molecule has 3 rings (SSSR count). The predicted molar refractivity (Wildman–Crippen MR) is 85.9 cm³/mol. The van der Waals surface area contributed by atoms with Crippen LogP contribution >= 0.6 is 0 Å². The maximum atomic E-state index is 13.2. The van der Waals surface area contributed by atoms with Crippen LogP contribution in [-0.4, -0.2) is 15.6 Å². The first-order valence-electron chi connectivity index (χ1n) is 7.54. The van der Waals surface area contributed by atoms with E-state index in [1.807, 2.05) is 25.3 Å². The highest BCUT2D eigenvalue weighted by Crippen LogP contribution is 2.36. The molecule has 2 heterocycles. The zero-order valence-electron chi connectivity index (χ0n) is 13.0. The minimum atomic E-state index is -0.310. The number of aryl methyl sites for hydroxylation is 1. The highest BCUT2D eigenvalue weighted by molar-refractivity contribution is 5.88. The smallest absolute Gasteiger partial charge is 0.311 e. The third-order valence-corrected chi connectivity index (χ3v) is 3.60. The third kappa shape index (κ3) is 2.95. The van der Waals surface area contributed by atoms with Gasteiger partial charge in [0.1, 0.15) is 11.5 Å². The molecule has 0 saturated heterocycles. The molecule has 0 radical (unpaired) electrons. The van der Waals surface area contributed by atoms with Crippen LogP contribution in [0.4, 0.5) is 4.39 Å². The minimum absolute atomic E-state index is 0.295. The molecule has 0 unspecified atom stereocenters. The van der Waals surface area contributed by atoms with Crippen molar-refractivity contribution in [1.29, 1.82) is 0 Å². The van der Waals surface area contributed by atoms with Crippen LogP contribution in [0.3, 0.4) is 0 Å². The molecule has 0 saturated carbocycles. The van der Waals surface area contributed by atoms with Gasteiger partial charge in [0.2, 0.25) is 0 Å². The Hall–Kier alpha value is -2.69. The fraction of sp³-hybridized carbons (Fsp3) is 0.222. The number of esters is 1. The second-order valence-electron chi connectivity index (χ2n) is 5.36. The van der Waals surface area contributed by atoms with E-state index in [0.717, 1.165) is 16.6 Å². The van der Waals surface area contributed by atoms with E-state index in [4.69, 9.17) is 4.74 Å². The molecular weight excluding hydrogens is 295 g/mol. The van der Waals surface area contributed by atoms with Crippen LogP contribution in [0.15, 0.2) is 42.6 Å². The highest BCUT2D eigenvalue weighted by Gasteiger charge is 2.18. The lowest BCUT2D eigenvalue weighted by atomic mass is 10.0. The van der Waals surface area contributed by atoms with Crippen LogP contribution in [0.5, 0.6) is 5.75 Å². The summed E-state index contributed by atoms with van der Waals surface area (Å²) in [5.74, 6) is -0.173. The molecule has 4 nitrogen and oxygen atoms in total. The summed E-state index contributed by atoms with van der Waals surface area (Å²) in [6, 6.07) is 9.89. The van der Waals surface area contributed by atoms with Crippen LogP contribution in [0, 0.1) is 12.7 Å². The summed E-state index contributed by atoms with van der Waals surface area (Å²) in [7, 11) is 0. The largest absolute Gasteiger partial charge is 0.424 e. The number of hydrogen-bond donors (Lipinski definition) is 0. The molecule has 3 aromatic rings. The van der Waals surface area contributed by atoms with E-state index in [9.17, 15) is 9.18 Å². The first-order valence-corrected chi connectivity index (χ1v) is 7.54. The van der Waals surface area contributed by atoms with Crippen molar-refractivity contribution in [2.24, 2.45) is 0 Å². The van der Waals surface area contributed by atoms with E-state index in [1.165, 1.54) is 12.1 Å². The maximum Gasteiger partial charge on any atom is 0.311 e. The van der Waals surface area contributed by atoms with Gasteiger partial charge >= 0.3 is 5.97 Å². The number of rotatable bonds is 4. The van der Waals surface area contributed by atoms with Crippen molar-refractivity contribution >= 4 is 11.5 Å². The Balaban J connectivity index is 2.20. The first-order chi connectivity index (χ1) is 11.1. The van der Waals surface area contributed by atoms with Gasteiger partial charge < -0.3 is 4.74 Å². The lowest BCUT2D eigenvalue weighted by molar-refractivity contribution is -0.134. The summed E-state index contributed by atoms with van der Waals surface area (Å²) in [6.07, 6.45) is 2.88. The van der Waals surface area contributed by atoms with Crippen molar-refractivity contribution in [3.63, 3.8) is 0 Å². The van der Waals surface area contributed by atoms with E-state index < -0.39 is 0 Å². The molecular formula is C18H17FN2O2. The van der Waals surface area contributed by atoms with Gasteiger partial charge in [0.15, 0.2) is 5.75 Å². The van der Waals surface area contributed by atoms with Crippen molar-refractivity contribution in [2.75, 3.05) is 0 Å². The molecule has 0 aliphatic heterocycles. The third-order valence-electron chi connectivity index (χ3n) is 3.60. The average Bonchev–Trinajstić information content (AvgIpc) is 2.97. The van der Waals surface area contributed by atoms with Crippen LogP contribution in [0.25, 0.3) is 16.6 Å². The minimum Gasteiger partial charge on any atom is -0.424 e. The number of hydrogen-bond acceptors (Lipinski definition) is 3. The molecule has 0 aliphatic rings. The Labute approximate surface area is 133 Å². The van der Waals surface area contributed by atoms with E-state index in [1.54, 1.807) is 23.6 Å². The van der Waals surface area contributed by atoms with Crippen LogP contribution in [0.2, 0.25) is 0 Å². The number of carbonyl (C=O) groups is 1. The van der Waals surface area contributed by atoms with Gasteiger partial charge in [0, 0.05) is 12.6 Å². The SMILES string of the molecule is CCCC(=O)Oc1c(C)nn2cccc2c1-c1ccc(F)cc1. The Kier molecular flexibility index (Phi) is 4.10. The Morgan fingerprint density at radius 2 is 2.00 bits per heavy atom. The molecule has 2 aromatic heterocycles. The molecule has 118 valence electrons. The van der Waals surface area contributed by atoms with E-state index in [-0.39, 0.29) is 11.8 Å². The predicted octanol–water partition coefficient (Wildman–Crippen LogP) is 4.15. The number of fused-ring (bicyclic) bond motifs is 1. The standard InChI is InChI=1S/C18H17FN2O2/c1-3-5-16(22)23-18-12(2)20-21-11-4-6-15(21)17(18)13-7-9-14(19)10-8-13/h4,6-11H,3,5H2,1-2H3. The molecule has 0 atom stereocenters. The molecule has 0 aliphatic carbocycles. The number of aromatic nitrogens is 2. The van der Waals surface area contributed by atoms with Gasteiger partial charge in [-0.1, -0.05) is 19.1 Å². The summed E-state index contributed by atoms with van der Waals surface area (Å²) < 4.78 is 20.5. The van der Waals surface area contributed by atoms with E-state index in [0.29, 0.717) is 24.3 Å². The van der Waals surface area contributed by atoms with E-state index in [2.05, 4.69) is 5.10 Å². The van der Waals surface area contributed by atoms with Crippen LogP contribution in [0.1, 0.15) is 25.5 Å². The molecule has 0 amide bonds. The van der Waals surface area contributed by atoms with Gasteiger partial charge in [-0.15, -0.1) is 0 Å². The zero-order valence-corrected chi connectivity index (χ0v) is 13.0. The van der Waals surface area contributed by atoms with Crippen molar-refractivity contribution in [3.05, 3.63) is 54.1 Å². The molecule has 0 spiro atoms. The fourth-order valence-corrected chi connectivity index (χ4v) is 2.55. The van der Waals surface area contributed by atoms with Gasteiger partial charge in [-0.25, -0.2) is 8.91 Å². The van der Waals surface area contributed by atoms with Gasteiger partial charge in [0.05, 0.1) is 11.1 Å². The van der Waals surface area contributed by atoms with Gasteiger partial charge in [-0.2, -0.15) is 5.10 Å². The topological polar surface area (TPSA) is 43.6 Å². The van der Waals surface area contributed by atoms with Crippen molar-refractivity contribution in [1.82, 2.24) is 9.61 Å². The second kappa shape index (κ2) is 6.20. The Morgan fingerprint density at radius 1 is 1.26 bits per heavy atom. The van der Waals surface area contributed by atoms with Crippen LogP contribution < -0.4 is 4.74 Å². The fourth-order valence-electron chi connectivity index (χ4n) is 2.55. The second-order valence-corrected chi connectivity index (χ2v) is 5.36. The number of nitrogens with zero attached hydrogens (tertiary/aromatic N) is 2. The summed E-state index contributed by atoms with van der Waals surface area (Å²) in [5, 5.41) is 4.42. The molecule has 1 aromatic carbocycles. The average molecular weight is 312 g/mol. The number of ether oxygens (including phenoxy) is 1. The number of benzene rings is 1. The Bertz CT molecular complexity index is 853. The molecule has 0 fully saturated rings. The maximum absolute atomic E-state index is 13.2. The highest BCUT2D eigenvalue weighted by atomic mass is 19.1. The summed E-state index contributed by atoms with van der Waals surface area (Å²) in [4.78, 5) is 12.0. The summed E-state index contributed by atoms with van der Waals surface area (Å²) in [6.45, 7) is 3.71. The number of carbonyl (C=O) groups excluding carboxylic acids is 1. The summed E-state index contributed by atoms with van der Waals surface area (Å²) in [5.41, 5.74) is 2.94. The first kappa shape index (κ1) is 15.2. The van der Waals surface area contributed by atoms with E-state index >= 15 is 0 Å². The van der Waals surface area contributed by atoms with Gasteiger partial charge in [-0.3, -0.25) is 4.79 Å². The summed E-state index contributed by atoms with van der Waals surface area (Å²) >= 11 is 0. The Morgan fingerprint density at radius 3 is 2.70 bits per heavy atom. The molecule has 23 heavy (non-hydrogen) atoms. The van der Waals surface area contributed by atoms with Crippen molar-refractivity contribution < 1.29 is 13.9 Å². The van der Waals surface area contributed by atoms with Gasteiger partial charge in [-0.05, 0) is 43.2 Å². The van der Waals surface area contributed by atoms with Crippen LogP contribution in [-0.2, 0) is 4.79 Å².